The third-order valence-corrected chi connectivity index (χ3v) is 4.75. The van der Waals surface area contributed by atoms with Gasteiger partial charge in [0.25, 0.3) is 5.91 Å². The number of hydrogen-bond acceptors (Lipinski definition) is 7. The molecule has 3 heterocycles. The van der Waals surface area contributed by atoms with Crippen molar-refractivity contribution < 1.29 is 19.0 Å². The molecule has 2 aliphatic heterocycles. The van der Waals surface area contributed by atoms with Gasteiger partial charge in [-0.15, -0.1) is 0 Å². The molecule has 1 aromatic heterocycles. The molecule has 148 valence electrons. The first kappa shape index (κ1) is 18.5. The van der Waals surface area contributed by atoms with Crippen molar-refractivity contribution in [2.45, 2.75) is 6.54 Å². The predicted octanol–water partition coefficient (Wildman–Crippen LogP) is 1.48. The zero-order valence-electron chi connectivity index (χ0n) is 15.6. The van der Waals surface area contributed by atoms with Crippen LogP contribution in [-0.4, -0.2) is 62.0 Å². The molecule has 4 rings (SSSR count). The second kappa shape index (κ2) is 8.90. The fourth-order valence-corrected chi connectivity index (χ4v) is 3.13. The molecular formula is C20H24N4O4. The Bertz CT molecular complexity index is 806. The predicted molar refractivity (Wildman–Crippen MR) is 104 cm³/mol. The van der Waals surface area contributed by atoms with E-state index in [1.54, 1.807) is 12.3 Å². The number of ether oxygens (including phenoxy) is 3. The Morgan fingerprint density at radius 1 is 1.11 bits per heavy atom. The van der Waals surface area contributed by atoms with E-state index < -0.39 is 0 Å². The van der Waals surface area contributed by atoms with Crippen LogP contribution >= 0.6 is 0 Å². The number of morpholine rings is 1. The summed E-state index contributed by atoms with van der Waals surface area (Å²) < 4.78 is 16.0. The largest absolute Gasteiger partial charge is 0.454 e. The van der Waals surface area contributed by atoms with Crippen molar-refractivity contribution in [2.75, 3.05) is 51.5 Å². The summed E-state index contributed by atoms with van der Waals surface area (Å²) in [5, 5.41) is 6.19. The average molecular weight is 384 g/mol. The van der Waals surface area contributed by atoms with E-state index in [-0.39, 0.29) is 12.7 Å². The molecule has 0 atom stereocenters. The third kappa shape index (κ3) is 4.71. The van der Waals surface area contributed by atoms with Gasteiger partial charge in [0.2, 0.25) is 6.79 Å². The van der Waals surface area contributed by atoms with Crippen LogP contribution in [0.25, 0.3) is 0 Å². The Kier molecular flexibility index (Phi) is 5.89. The van der Waals surface area contributed by atoms with E-state index >= 15 is 0 Å². The van der Waals surface area contributed by atoms with Crippen molar-refractivity contribution in [3.63, 3.8) is 0 Å². The molecule has 0 aliphatic carbocycles. The molecule has 8 nitrogen and oxygen atoms in total. The average Bonchev–Trinajstić information content (AvgIpc) is 3.21. The molecule has 1 aromatic carbocycles. The maximum Gasteiger partial charge on any atom is 0.252 e. The molecule has 28 heavy (non-hydrogen) atoms. The van der Waals surface area contributed by atoms with Gasteiger partial charge in [-0.05, 0) is 29.8 Å². The van der Waals surface area contributed by atoms with Crippen molar-refractivity contribution in [1.82, 2.24) is 15.2 Å². The van der Waals surface area contributed by atoms with Gasteiger partial charge in [-0.3, -0.25) is 9.69 Å². The molecule has 0 unspecified atom stereocenters. The van der Waals surface area contributed by atoms with Crippen LogP contribution in [0.15, 0.2) is 36.5 Å². The Morgan fingerprint density at radius 3 is 2.79 bits per heavy atom. The van der Waals surface area contributed by atoms with Gasteiger partial charge in [0.05, 0.1) is 18.8 Å². The van der Waals surface area contributed by atoms with Gasteiger partial charge in [0.1, 0.15) is 5.82 Å². The first-order chi connectivity index (χ1) is 13.8. The standard InChI is InChI=1S/C20H24N4O4/c25-20(21-5-6-24-7-9-26-10-8-24)16-2-4-19(23-13-16)22-12-15-1-3-17-18(11-15)28-14-27-17/h1-4,11,13H,5-10,12,14H2,(H,21,25)(H,22,23). The van der Waals surface area contributed by atoms with Crippen molar-refractivity contribution in [3.8, 4) is 11.5 Å². The van der Waals surface area contributed by atoms with Gasteiger partial charge in [-0.2, -0.15) is 0 Å². The Morgan fingerprint density at radius 2 is 1.96 bits per heavy atom. The van der Waals surface area contributed by atoms with Crippen LogP contribution in [0.4, 0.5) is 5.82 Å². The van der Waals surface area contributed by atoms with E-state index in [1.165, 1.54) is 0 Å². The lowest BCUT2D eigenvalue weighted by Crippen LogP contribution is -2.41. The summed E-state index contributed by atoms with van der Waals surface area (Å²) in [6.45, 7) is 5.68. The van der Waals surface area contributed by atoms with Gasteiger partial charge in [0.15, 0.2) is 11.5 Å². The summed E-state index contributed by atoms with van der Waals surface area (Å²) in [6, 6.07) is 9.42. The molecular weight excluding hydrogens is 360 g/mol. The maximum absolute atomic E-state index is 12.2. The molecule has 1 fully saturated rings. The summed E-state index contributed by atoms with van der Waals surface area (Å²) >= 11 is 0. The second-order valence-corrected chi connectivity index (χ2v) is 6.68. The van der Waals surface area contributed by atoms with Gasteiger partial charge >= 0.3 is 0 Å². The van der Waals surface area contributed by atoms with Gasteiger partial charge < -0.3 is 24.8 Å². The zero-order chi connectivity index (χ0) is 19.2. The van der Waals surface area contributed by atoms with Gasteiger partial charge in [-0.1, -0.05) is 6.07 Å². The number of benzene rings is 1. The maximum atomic E-state index is 12.2. The number of carbonyl (C=O) groups is 1. The number of aromatic nitrogens is 1. The van der Waals surface area contributed by atoms with Crippen LogP contribution in [0.1, 0.15) is 15.9 Å². The van der Waals surface area contributed by atoms with Gasteiger partial charge in [-0.25, -0.2) is 4.98 Å². The first-order valence-electron chi connectivity index (χ1n) is 9.45. The number of rotatable bonds is 7. The molecule has 2 aliphatic rings. The third-order valence-electron chi connectivity index (χ3n) is 4.75. The van der Waals surface area contributed by atoms with Crippen molar-refractivity contribution >= 4 is 11.7 Å². The number of nitrogens with zero attached hydrogens (tertiary/aromatic N) is 2. The number of fused-ring (bicyclic) bond motifs is 1. The lowest BCUT2D eigenvalue weighted by molar-refractivity contribution is 0.0383. The summed E-state index contributed by atoms with van der Waals surface area (Å²) in [6.07, 6.45) is 1.59. The number of carbonyl (C=O) groups excluding carboxylic acids is 1. The lowest BCUT2D eigenvalue weighted by Gasteiger charge is -2.26. The van der Waals surface area contributed by atoms with Crippen LogP contribution in [0.2, 0.25) is 0 Å². The summed E-state index contributed by atoms with van der Waals surface area (Å²) in [4.78, 5) is 18.9. The summed E-state index contributed by atoms with van der Waals surface area (Å²) in [5.74, 6) is 2.13. The number of hydrogen-bond donors (Lipinski definition) is 2. The van der Waals surface area contributed by atoms with Crippen molar-refractivity contribution in [1.29, 1.82) is 0 Å². The van der Waals surface area contributed by atoms with E-state index in [0.29, 0.717) is 24.5 Å². The molecule has 2 N–H and O–H groups in total. The SMILES string of the molecule is O=C(NCCN1CCOCC1)c1ccc(NCc2ccc3c(c2)OCO3)nc1. The molecule has 0 radical (unpaired) electrons. The minimum atomic E-state index is -0.108. The van der Waals surface area contributed by atoms with Crippen LogP contribution < -0.4 is 20.1 Å². The Balaban J connectivity index is 1.23. The highest BCUT2D eigenvalue weighted by atomic mass is 16.7. The van der Waals surface area contributed by atoms with Crippen LogP contribution in [0.5, 0.6) is 11.5 Å². The number of pyridine rings is 1. The smallest absolute Gasteiger partial charge is 0.252 e. The fourth-order valence-electron chi connectivity index (χ4n) is 3.13. The first-order valence-corrected chi connectivity index (χ1v) is 9.45. The molecule has 1 amide bonds. The topological polar surface area (TPSA) is 85.0 Å². The minimum absolute atomic E-state index is 0.108. The highest BCUT2D eigenvalue weighted by Gasteiger charge is 2.13. The van der Waals surface area contributed by atoms with Crippen LogP contribution in [-0.2, 0) is 11.3 Å². The number of nitrogens with one attached hydrogen (secondary N) is 2. The van der Waals surface area contributed by atoms with Crippen molar-refractivity contribution in [2.24, 2.45) is 0 Å². The molecule has 1 saturated heterocycles. The van der Waals surface area contributed by atoms with E-state index in [9.17, 15) is 4.79 Å². The van der Waals surface area contributed by atoms with E-state index in [1.807, 2.05) is 24.3 Å². The quantitative estimate of drug-likeness (QED) is 0.748. The zero-order valence-corrected chi connectivity index (χ0v) is 15.6. The minimum Gasteiger partial charge on any atom is -0.454 e. The fraction of sp³-hybridized carbons (Fsp3) is 0.400. The summed E-state index contributed by atoms with van der Waals surface area (Å²) in [5.41, 5.74) is 1.62. The van der Waals surface area contributed by atoms with E-state index in [0.717, 1.165) is 49.9 Å². The normalized spacial score (nSPS) is 16.0. The van der Waals surface area contributed by atoms with Gasteiger partial charge in [0, 0.05) is 38.9 Å². The number of anilines is 1. The number of amides is 1. The molecule has 0 bridgehead atoms. The van der Waals surface area contributed by atoms with E-state index in [4.69, 9.17) is 14.2 Å². The summed E-state index contributed by atoms with van der Waals surface area (Å²) in [7, 11) is 0. The van der Waals surface area contributed by atoms with Crippen LogP contribution in [0, 0.1) is 0 Å². The second-order valence-electron chi connectivity index (χ2n) is 6.68. The van der Waals surface area contributed by atoms with Crippen molar-refractivity contribution in [3.05, 3.63) is 47.7 Å². The molecule has 0 spiro atoms. The van der Waals surface area contributed by atoms with Crippen LogP contribution in [0.3, 0.4) is 0 Å². The lowest BCUT2D eigenvalue weighted by atomic mass is 10.2. The van der Waals surface area contributed by atoms with E-state index in [2.05, 4.69) is 20.5 Å². The molecule has 8 heteroatoms. The molecule has 2 aromatic rings. The molecule has 0 saturated carbocycles. The Labute approximate surface area is 163 Å². The highest BCUT2D eigenvalue weighted by molar-refractivity contribution is 5.94. The Hall–Kier alpha value is -2.84. The monoisotopic (exact) mass is 384 g/mol. The highest BCUT2D eigenvalue weighted by Crippen LogP contribution is 2.32.